The molecule has 0 amide bonds. The molecule has 2 aliphatic carbocycles. The summed E-state index contributed by atoms with van der Waals surface area (Å²) in [6, 6.07) is 0. The fourth-order valence-corrected chi connectivity index (χ4v) is 3.28. The molecule has 1 spiro atoms. The van der Waals surface area contributed by atoms with Crippen molar-refractivity contribution in [3.8, 4) is 0 Å². The lowest BCUT2D eigenvalue weighted by molar-refractivity contribution is -0.225. The van der Waals surface area contributed by atoms with E-state index in [9.17, 15) is 4.79 Å². The van der Waals surface area contributed by atoms with Gasteiger partial charge in [-0.2, -0.15) is 0 Å². The molecule has 2 atom stereocenters. The van der Waals surface area contributed by atoms with E-state index in [1.807, 2.05) is 6.92 Å². The maximum atomic E-state index is 12.1. The van der Waals surface area contributed by atoms with Crippen LogP contribution in [0.3, 0.4) is 0 Å². The molecule has 1 aromatic heterocycles. The Kier molecular flexibility index (Phi) is 3.09. The van der Waals surface area contributed by atoms with Gasteiger partial charge in [-0.25, -0.2) is 9.78 Å². The maximum absolute atomic E-state index is 12.1. The Hall–Kier alpha value is -1.36. The van der Waals surface area contributed by atoms with E-state index in [1.165, 1.54) is 6.42 Å². The number of carbonyl (C=O) groups is 1. The minimum Gasteiger partial charge on any atom is -0.457 e. The Morgan fingerprint density at radius 3 is 2.84 bits per heavy atom. The van der Waals surface area contributed by atoms with Crippen LogP contribution in [0.25, 0.3) is 0 Å². The molecule has 2 fully saturated rings. The van der Waals surface area contributed by atoms with Gasteiger partial charge in [-0.05, 0) is 19.8 Å². The van der Waals surface area contributed by atoms with Gasteiger partial charge in [-0.1, -0.05) is 6.42 Å². The molecule has 104 valence electrons. The second-order valence-electron chi connectivity index (χ2n) is 5.55. The van der Waals surface area contributed by atoms with Crippen LogP contribution in [0.5, 0.6) is 0 Å². The van der Waals surface area contributed by atoms with E-state index in [0.29, 0.717) is 5.69 Å². The van der Waals surface area contributed by atoms with Crippen LogP contribution in [-0.4, -0.2) is 34.3 Å². The Balaban J connectivity index is 1.65. The first-order valence-electron chi connectivity index (χ1n) is 6.96. The van der Waals surface area contributed by atoms with E-state index in [-0.39, 0.29) is 23.6 Å². The van der Waals surface area contributed by atoms with Crippen LogP contribution >= 0.6 is 0 Å². The van der Waals surface area contributed by atoms with Crippen LogP contribution in [0.4, 0.5) is 0 Å². The van der Waals surface area contributed by atoms with Crippen molar-refractivity contribution < 1.29 is 14.3 Å². The molecule has 5 heteroatoms. The molecule has 1 aromatic rings. The van der Waals surface area contributed by atoms with Crippen LogP contribution in [0.2, 0.25) is 0 Å². The van der Waals surface area contributed by atoms with Crippen molar-refractivity contribution >= 4 is 5.97 Å². The Labute approximate surface area is 112 Å². The highest BCUT2D eigenvalue weighted by Gasteiger charge is 2.61. The van der Waals surface area contributed by atoms with Crippen molar-refractivity contribution in [2.75, 3.05) is 6.61 Å². The lowest BCUT2D eigenvalue weighted by Gasteiger charge is -2.59. The van der Waals surface area contributed by atoms with Crippen LogP contribution in [-0.2, 0) is 16.5 Å². The maximum Gasteiger partial charge on any atom is 0.356 e. The summed E-state index contributed by atoms with van der Waals surface area (Å²) < 4.78 is 13.1. The predicted octanol–water partition coefficient (Wildman–Crippen LogP) is 1.92. The fourth-order valence-electron chi connectivity index (χ4n) is 3.28. The molecule has 0 bridgehead atoms. The molecule has 0 radical (unpaired) electrons. The van der Waals surface area contributed by atoms with Gasteiger partial charge in [0.1, 0.15) is 11.8 Å². The van der Waals surface area contributed by atoms with E-state index >= 15 is 0 Å². The van der Waals surface area contributed by atoms with Gasteiger partial charge in [0.25, 0.3) is 0 Å². The summed E-state index contributed by atoms with van der Waals surface area (Å²) in [5, 5.41) is 0. The van der Waals surface area contributed by atoms with Gasteiger partial charge in [0.15, 0.2) is 0 Å². The fraction of sp³-hybridized carbons (Fsp3) is 0.714. The molecular weight excluding hydrogens is 244 g/mol. The molecule has 2 aliphatic rings. The summed E-state index contributed by atoms with van der Waals surface area (Å²) in [6.45, 7) is 2.75. The third-order valence-corrected chi connectivity index (χ3v) is 4.64. The molecule has 0 aromatic carbocycles. The summed E-state index contributed by atoms with van der Waals surface area (Å²) in [5.74, 6) is -0.272. The summed E-state index contributed by atoms with van der Waals surface area (Å²) in [4.78, 5) is 16.0. The number of ether oxygens (including phenoxy) is 2. The Morgan fingerprint density at radius 2 is 2.32 bits per heavy atom. The van der Waals surface area contributed by atoms with Gasteiger partial charge in [-0.3, -0.25) is 0 Å². The standard InChI is InChI=1S/C14H20N2O3/c1-3-18-11-7-12(14(11)5-4-6-14)19-13(17)10-8-15-9-16(10)2/h8-9,11-12H,3-7H2,1-2H3/t11-,12-/m1/s1. The quantitative estimate of drug-likeness (QED) is 0.780. The smallest absolute Gasteiger partial charge is 0.356 e. The molecule has 0 unspecified atom stereocenters. The molecule has 1 heterocycles. The van der Waals surface area contributed by atoms with Crippen molar-refractivity contribution in [1.29, 1.82) is 0 Å². The van der Waals surface area contributed by atoms with E-state index < -0.39 is 0 Å². The number of carbonyl (C=O) groups excluding carboxylic acids is 1. The number of rotatable bonds is 4. The van der Waals surface area contributed by atoms with E-state index in [0.717, 1.165) is 25.9 Å². The van der Waals surface area contributed by atoms with E-state index in [2.05, 4.69) is 4.98 Å². The predicted molar refractivity (Wildman–Crippen MR) is 68.7 cm³/mol. The largest absolute Gasteiger partial charge is 0.457 e. The first-order valence-corrected chi connectivity index (χ1v) is 6.96. The van der Waals surface area contributed by atoms with Crippen molar-refractivity contribution in [3.05, 3.63) is 18.2 Å². The van der Waals surface area contributed by atoms with Crippen LogP contribution in [0.1, 0.15) is 43.1 Å². The number of hydrogen-bond donors (Lipinski definition) is 0. The number of esters is 1. The van der Waals surface area contributed by atoms with E-state index in [1.54, 1.807) is 24.1 Å². The SMILES string of the molecule is CCO[C@@H]1C[C@@H](OC(=O)c2cncn2C)C12CCC2. The monoisotopic (exact) mass is 264 g/mol. The van der Waals surface area contributed by atoms with Gasteiger partial charge < -0.3 is 14.0 Å². The zero-order chi connectivity index (χ0) is 13.5. The average Bonchev–Trinajstić information content (AvgIpc) is 2.71. The Morgan fingerprint density at radius 1 is 1.53 bits per heavy atom. The lowest BCUT2D eigenvalue weighted by atomic mass is 9.52. The average molecular weight is 264 g/mol. The second-order valence-corrected chi connectivity index (χ2v) is 5.55. The third-order valence-electron chi connectivity index (χ3n) is 4.64. The van der Waals surface area contributed by atoms with Crippen LogP contribution in [0.15, 0.2) is 12.5 Å². The highest BCUT2D eigenvalue weighted by atomic mass is 16.6. The van der Waals surface area contributed by atoms with Crippen LogP contribution < -0.4 is 0 Å². The molecule has 3 rings (SSSR count). The highest BCUT2D eigenvalue weighted by Crippen LogP contribution is 2.58. The molecule has 0 aliphatic heterocycles. The number of nitrogens with zero attached hydrogens (tertiary/aromatic N) is 2. The summed E-state index contributed by atoms with van der Waals surface area (Å²) >= 11 is 0. The minimum atomic E-state index is -0.272. The summed E-state index contributed by atoms with van der Waals surface area (Å²) in [5.41, 5.74) is 0.610. The second kappa shape index (κ2) is 4.63. The summed E-state index contributed by atoms with van der Waals surface area (Å²) in [6.07, 6.45) is 7.72. The topological polar surface area (TPSA) is 53.4 Å². The van der Waals surface area contributed by atoms with Gasteiger partial charge in [0.05, 0.1) is 18.6 Å². The Bertz CT molecular complexity index is 479. The van der Waals surface area contributed by atoms with Crippen LogP contribution in [0, 0.1) is 5.41 Å². The van der Waals surface area contributed by atoms with Gasteiger partial charge in [-0.15, -0.1) is 0 Å². The molecular formula is C14H20N2O3. The third kappa shape index (κ3) is 1.87. The lowest BCUT2D eigenvalue weighted by Crippen LogP contribution is -2.63. The number of imidazole rings is 1. The van der Waals surface area contributed by atoms with Crippen molar-refractivity contribution in [2.24, 2.45) is 12.5 Å². The van der Waals surface area contributed by atoms with Crippen molar-refractivity contribution in [3.63, 3.8) is 0 Å². The first kappa shape index (κ1) is 12.7. The van der Waals surface area contributed by atoms with Gasteiger partial charge >= 0.3 is 5.97 Å². The first-order chi connectivity index (χ1) is 9.17. The molecule has 2 saturated carbocycles. The zero-order valence-electron chi connectivity index (χ0n) is 11.5. The zero-order valence-corrected chi connectivity index (χ0v) is 11.5. The van der Waals surface area contributed by atoms with Gasteiger partial charge in [0.2, 0.25) is 0 Å². The number of hydrogen-bond acceptors (Lipinski definition) is 4. The molecule has 19 heavy (non-hydrogen) atoms. The minimum absolute atomic E-state index is 0.0141. The number of aryl methyl sites for hydroxylation is 1. The normalized spacial score (nSPS) is 27.7. The molecule has 5 nitrogen and oxygen atoms in total. The molecule has 0 saturated heterocycles. The summed E-state index contributed by atoms with van der Waals surface area (Å²) in [7, 11) is 1.80. The highest BCUT2D eigenvalue weighted by molar-refractivity contribution is 5.87. The van der Waals surface area contributed by atoms with E-state index in [4.69, 9.17) is 9.47 Å². The van der Waals surface area contributed by atoms with Crippen molar-refractivity contribution in [2.45, 2.75) is 44.8 Å². The van der Waals surface area contributed by atoms with Gasteiger partial charge in [0, 0.05) is 25.5 Å². The number of aromatic nitrogens is 2. The van der Waals surface area contributed by atoms with Crippen molar-refractivity contribution in [1.82, 2.24) is 9.55 Å². The molecule has 0 N–H and O–H groups in total.